The molecule has 3 aromatic rings. The number of nitrogens with one attached hydrogen (secondary N) is 1. The molecule has 0 radical (unpaired) electrons. The van der Waals surface area contributed by atoms with Gasteiger partial charge in [0.1, 0.15) is 12.1 Å². The zero-order valence-corrected chi connectivity index (χ0v) is 15.9. The van der Waals surface area contributed by atoms with Crippen LogP contribution in [0.2, 0.25) is 0 Å². The van der Waals surface area contributed by atoms with Gasteiger partial charge in [-0.3, -0.25) is 9.59 Å². The highest BCUT2D eigenvalue weighted by molar-refractivity contribution is 5.94. The minimum absolute atomic E-state index is 0.0104. The SMILES string of the molecule is CCOc1ccc(CC(CNC(=O)c2cccc(-n3cnnn3)c2)C(=O)O)cc1. The van der Waals surface area contributed by atoms with Crippen LogP contribution in [0.4, 0.5) is 0 Å². The lowest BCUT2D eigenvalue weighted by Crippen LogP contribution is -2.34. The number of hydrogen-bond acceptors (Lipinski definition) is 6. The van der Waals surface area contributed by atoms with Crippen LogP contribution in [0, 0.1) is 5.92 Å². The van der Waals surface area contributed by atoms with Crippen LogP contribution >= 0.6 is 0 Å². The highest BCUT2D eigenvalue weighted by Gasteiger charge is 2.19. The summed E-state index contributed by atoms with van der Waals surface area (Å²) in [5.41, 5.74) is 1.88. The predicted molar refractivity (Wildman–Crippen MR) is 104 cm³/mol. The van der Waals surface area contributed by atoms with Crippen molar-refractivity contribution in [2.24, 2.45) is 5.92 Å². The van der Waals surface area contributed by atoms with Crippen molar-refractivity contribution in [2.75, 3.05) is 13.2 Å². The van der Waals surface area contributed by atoms with E-state index in [0.717, 1.165) is 11.3 Å². The molecule has 29 heavy (non-hydrogen) atoms. The first-order valence-electron chi connectivity index (χ1n) is 9.13. The molecule has 0 aliphatic heterocycles. The average molecular weight is 395 g/mol. The lowest BCUT2D eigenvalue weighted by molar-refractivity contribution is -0.141. The van der Waals surface area contributed by atoms with E-state index in [-0.39, 0.29) is 12.5 Å². The summed E-state index contributed by atoms with van der Waals surface area (Å²) in [6.07, 6.45) is 1.72. The lowest BCUT2D eigenvalue weighted by atomic mass is 9.99. The lowest BCUT2D eigenvalue weighted by Gasteiger charge is -2.14. The summed E-state index contributed by atoms with van der Waals surface area (Å²) in [6.45, 7) is 2.48. The second-order valence-electron chi connectivity index (χ2n) is 6.33. The van der Waals surface area contributed by atoms with Gasteiger partial charge in [-0.2, -0.15) is 0 Å². The molecule has 1 aromatic heterocycles. The fourth-order valence-electron chi connectivity index (χ4n) is 2.81. The Morgan fingerprint density at radius 3 is 2.66 bits per heavy atom. The Kier molecular flexibility index (Phi) is 6.51. The van der Waals surface area contributed by atoms with E-state index in [1.807, 2.05) is 19.1 Å². The molecule has 9 nitrogen and oxygen atoms in total. The molecule has 0 saturated heterocycles. The van der Waals surface area contributed by atoms with E-state index in [4.69, 9.17) is 4.74 Å². The van der Waals surface area contributed by atoms with Crippen LogP contribution < -0.4 is 10.1 Å². The summed E-state index contributed by atoms with van der Waals surface area (Å²) >= 11 is 0. The Morgan fingerprint density at radius 1 is 1.21 bits per heavy atom. The van der Waals surface area contributed by atoms with E-state index in [1.165, 1.54) is 11.0 Å². The van der Waals surface area contributed by atoms with Crippen molar-refractivity contribution in [3.8, 4) is 11.4 Å². The van der Waals surface area contributed by atoms with Crippen molar-refractivity contribution in [1.29, 1.82) is 0 Å². The standard InChI is InChI=1S/C20H21N5O4/c1-2-29-18-8-6-14(7-9-18)10-16(20(27)28)12-21-19(26)15-4-3-5-17(11-15)25-13-22-23-24-25/h3-9,11,13,16H,2,10,12H2,1H3,(H,21,26)(H,27,28). The monoisotopic (exact) mass is 395 g/mol. The number of aromatic nitrogens is 4. The van der Waals surface area contributed by atoms with E-state index in [9.17, 15) is 14.7 Å². The number of carboxylic acids is 1. The molecule has 9 heteroatoms. The molecular formula is C20H21N5O4. The molecule has 3 rings (SSSR count). The normalized spacial score (nSPS) is 11.6. The fourth-order valence-corrected chi connectivity index (χ4v) is 2.81. The number of carboxylic acid groups (broad SMARTS) is 1. The van der Waals surface area contributed by atoms with Gasteiger partial charge in [0, 0.05) is 12.1 Å². The molecule has 2 N–H and O–H groups in total. The van der Waals surface area contributed by atoms with Gasteiger partial charge < -0.3 is 15.2 Å². The number of tetrazole rings is 1. The minimum Gasteiger partial charge on any atom is -0.494 e. The molecule has 0 aliphatic rings. The van der Waals surface area contributed by atoms with E-state index >= 15 is 0 Å². The van der Waals surface area contributed by atoms with Gasteiger partial charge in [-0.25, -0.2) is 4.68 Å². The maximum atomic E-state index is 12.5. The van der Waals surface area contributed by atoms with Gasteiger partial charge >= 0.3 is 5.97 Å². The van der Waals surface area contributed by atoms with Crippen molar-refractivity contribution in [3.63, 3.8) is 0 Å². The molecule has 1 unspecified atom stereocenters. The highest BCUT2D eigenvalue weighted by atomic mass is 16.5. The van der Waals surface area contributed by atoms with Crippen LogP contribution in [0.3, 0.4) is 0 Å². The van der Waals surface area contributed by atoms with Gasteiger partial charge in [-0.1, -0.05) is 18.2 Å². The van der Waals surface area contributed by atoms with Crippen molar-refractivity contribution in [2.45, 2.75) is 13.3 Å². The molecule has 0 bridgehead atoms. The van der Waals surface area contributed by atoms with Crippen LogP contribution in [-0.2, 0) is 11.2 Å². The summed E-state index contributed by atoms with van der Waals surface area (Å²) in [4.78, 5) is 24.1. The highest BCUT2D eigenvalue weighted by Crippen LogP contribution is 2.16. The van der Waals surface area contributed by atoms with Crippen molar-refractivity contribution in [1.82, 2.24) is 25.5 Å². The Labute approximate surface area is 167 Å². The van der Waals surface area contributed by atoms with E-state index in [0.29, 0.717) is 24.3 Å². The zero-order valence-electron chi connectivity index (χ0n) is 15.9. The number of rotatable bonds is 9. The van der Waals surface area contributed by atoms with Crippen LogP contribution in [0.25, 0.3) is 5.69 Å². The van der Waals surface area contributed by atoms with Crippen LogP contribution in [0.5, 0.6) is 5.75 Å². The van der Waals surface area contributed by atoms with Gasteiger partial charge in [-0.15, -0.1) is 5.10 Å². The van der Waals surface area contributed by atoms with Gasteiger partial charge in [0.25, 0.3) is 5.91 Å². The molecule has 1 heterocycles. The van der Waals surface area contributed by atoms with E-state index in [1.54, 1.807) is 36.4 Å². The third kappa shape index (κ3) is 5.38. The molecule has 1 amide bonds. The quantitative estimate of drug-likeness (QED) is 0.566. The number of ether oxygens (including phenoxy) is 1. The van der Waals surface area contributed by atoms with Crippen molar-refractivity contribution < 1.29 is 19.4 Å². The predicted octanol–water partition coefficient (Wildman–Crippen LogP) is 1.73. The second kappa shape index (κ2) is 9.45. The van der Waals surface area contributed by atoms with Crippen molar-refractivity contribution in [3.05, 3.63) is 66.0 Å². The van der Waals surface area contributed by atoms with E-state index < -0.39 is 11.9 Å². The molecular weight excluding hydrogens is 374 g/mol. The van der Waals surface area contributed by atoms with Gasteiger partial charge in [0.05, 0.1) is 18.2 Å². The summed E-state index contributed by atoms with van der Waals surface area (Å²) in [5, 5.41) is 23.1. The van der Waals surface area contributed by atoms with Crippen molar-refractivity contribution >= 4 is 11.9 Å². The third-order valence-electron chi connectivity index (χ3n) is 4.30. The summed E-state index contributed by atoms with van der Waals surface area (Å²) in [6, 6.07) is 14.0. The Bertz CT molecular complexity index is 957. The fraction of sp³-hybridized carbons (Fsp3) is 0.250. The molecule has 0 aliphatic carbocycles. The van der Waals surface area contributed by atoms with Gasteiger partial charge in [0.15, 0.2) is 0 Å². The Morgan fingerprint density at radius 2 is 2.00 bits per heavy atom. The summed E-state index contributed by atoms with van der Waals surface area (Å²) in [7, 11) is 0. The second-order valence-corrected chi connectivity index (χ2v) is 6.33. The summed E-state index contributed by atoms with van der Waals surface area (Å²) in [5.74, 6) is -1.35. The van der Waals surface area contributed by atoms with Crippen LogP contribution in [0.15, 0.2) is 54.9 Å². The number of aliphatic carboxylic acids is 1. The molecule has 2 aromatic carbocycles. The third-order valence-corrected chi connectivity index (χ3v) is 4.30. The smallest absolute Gasteiger partial charge is 0.308 e. The zero-order chi connectivity index (χ0) is 20.6. The van der Waals surface area contributed by atoms with E-state index in [2.05, 4.69) is 20.8 Å². The number of hydrogen-bond donors (Lipinski definition) is 2. The molecule has 0 fully saturated rings. The molecule has 0 spiro atoms. The average Bonchev–Trinajstić information content (AvgIpc) is 3.27. The maximum Gasteiger partial charge on any atom is 0.308 e. The topological polar surface area (TPSA) is 119 Å². The van der Waals surface area contributed by atoms with Crippen LogP contribution in [0.1, 0.15) is 22.8 Å². The molecule has 1 atom stereocenters. The van der Waals surface area contributed by atoms with Crippen LogP contribution in [-0.4, -0.2) is 50.3 Å². The number of carbonyl (C=O) groups excluding carboxylic acids is 1. The van der Waals surface area contributed by atoms with Gasteiger partial charge in [-0.05, 0) is 59.7 Å². The number of amides is 1. The first-order chi connectivity index (χ1) is 14.1. The number of benzene rings is 2. The number of carbonyl (C=O) groups is 2. The Hall–Kier alpha value is -3.75. The molecule has 0 saturated carbocycles. The maximum absolute atomic E-state index is 12.5. The largest absolute Gasteiger partial charge is 0.494 e. The number of nitrogens with zero attached hydrogens (tertiary/aromatic N) is 4. The Balaban J connectivity index is 1.62. The first-order valence-corrected chi connectivity index (χ1v) is 9.13. The summed E-state index contributed by atoms with van der Waals surface area (Å²) < 4.78 is 6.82. The first kappa shape index (κ1) is 20.0. The molecule has 150 valence electrons. The van der Waals surface area contributed by atoms with Gasteiger partial charge in [0.2, 0.25) is 0 Å². The minimum atomic E-state index is -0.971.